The van der Waals surface area contributed by atoms with Gasteiger partial charge in [0.1, 0.15) is 6.04 Å². The zero-order valence-electron chi connectivity index (χ0n) is 8.52. The molecule has 90 valence electrons. The molecule has 0 aliphatic carbocycles. The smallest absolute Gasteiger partial charge is 0.320 e. The number of hydrogen-bond acceptors (Lipinski definition) is 6. The van der Waals surface area contributed by atoms with Gasteiger partial charge in [0.25, 0.3) is 0 Å². The third kappa shape index (κ3) is 3.57. The summed E-state index contributed by atoms with van der Waals surface area (Å²) < 4.78 is 1.32. The Balaban J connectivity index is 2.54. The Kier molecular flexibility index (Phi) is 4.35. The molecule has 0 fully saturated rings. The first kappa shape index (κ1) is 12.6. The van der Waals surface area contributed by atoms with Gasteiger partial charge in [-0.3, -0.25) is 4.79 Å². The zero-order valence-corrected chi connectivity index (χ0v) is 8.52. The van der Waals surface area contributed by atoms with Gasteiger partial charge >= 0.3 is 5.97 Å². The summed E-state index contributed by atoms with van der Waals surface area (Å²) in [5.74, 6) is -1.11. The largest absolute Gasteiger partial charge is 0.480 e. The summed E-state index contributed by atoms with van der Waals surface area (Å²) in [5.41, 5.74) is 5.75. The van der Waals surface area contributed by atoms with Crippen LogP contribution in [0.25, 0.3) is 0 Å². The van der Waals surface area contributed by atoms with Crippen molar-refractivity contribution >= 4 is 5.97 Å². The molecule has 16 heavy (non-hydrogen) atoms. The van der Waals surface area contributed by atoms with E-state index in [2.05, 4.69) is 10.3 Å². The van der Waals surface area contributed by atoms with E-state index in [-0.39, 0.29) is 19.6 Å². The molecule has 2 atom stereocenters. The van der Waals surface area contributed by atoms with Crippen molar-refractivity contribution in [3.8, 4) is 0 Å². The molecule has 0 aliphatic rings. The van der Waals surface area contributed by atoms with Gasteiger partial charge in [0.15, 0.2) is 0 Å². The average molecular weight is 230 g/mol. The van der Waals surface area contributed by atoms with Crippen molar-refractivity contribution in [2.75, 3.05) is 6.61 Å². The third-order valence-electron chi connectivity index (χ3n) is 1.94. The van der Waals surface area contributed by atoms with Crippen LogP contribution in [-0.2, 0) is 17.8 Å². The minimum absolute atomic E-state index is 0.0740. The summed E-state index contributed by atoms with van der Waals surface area (Å²) in [5, 5.41) is 33.7. The molecule has 8 heteroatoms. The molecular weight excluding hydrogens is 216 g/mol. The molecule has 2 unspecified atom stereocenters. The maximum atomic E-state index is 10.5. The number of carbonyl (C=O) groups is 1. The van der Waals surface area contributed by atoms with Crippen molar-refractivity contribution in [2.24, 2.45) is 5.73 Å². The van der Waals surface area contributed by atoms with Crippen molar-refractivity contribution < 1.29 is 20.1 Å². The Labute approximate surface area is 91.3 Å². The zero-order chi connectivity index (χ0) is 12.1. The number of aliphatic hydroxyl groups excluding tert-OH is 2. The number of hydrogen-bond donors (Lipinski definition) is 4. The molecule has 0 aromatic carbocycles. The molecule has 1 aromatic rings. The number of nitrogens with two attached hydrogens (primary N) is 1. The Bertz CT molecular complexity index is 354. The second kappa shape index (κ2) is 5.54. The van der Waals surface area contributed by atoms with Gasteiger partial charge in [0.2, 0.25) is 0 Å². The number of carboxylic acids is 1. The Morgan fingerprint density at radius 1 is 1.62 bits per heavy atom. The maximum absolute atomic E-state index is 10.5. The van der Waals surface area contributed by atoms with Crippen LogP contribution >= 0.6 is 0 Å². The lowest BCUT2D eigenvalue weighted by molar-refractivity contribution is -0.138. The molecule has 0 bridgehead atoms. The van der Waals surface area contributed by atoms with E-state index in [1.165, 1.54) is 10.9 Å². The van der Waals surface area contributed by atoms with Crippen molar-refractivity contribution in [3.05, 3.63) is 11.9 Å². The van der Waals surface area contributed by atoms with Gasteiger partial charge in [-0.1, -0.05) is 5.21 Å². The van der Waals surface area contributed by atoms with Gasteiger partial charge in [-0.15, -0.1) is 5.10 Å². The van der Waals surface area contributed by atoms with E-state index in [1.807, 2.05) is 0 Å². The molecule has 8 nitrogen and oxygen atoms in total. The molecule has 0 amide bonds. The van der Waals surface area contributed by atoms with E-state index in [0.717, 1.165) is 0 Å². The first-order valence-electron chi connectivity index (χ1n) is 4.69. The predicted molar refractivity (Wildman–Crippen MR) is 52.4 cm³/mol. The third-order valence-corrected chi connectivity index (χ3v) is 1.94. The fourth-order valence-corrected chi connectivity index (χ4v) is 1.11. The summed E-state index contributed by atoms with van der Waals surface area (Å²) in [7, 11) is 0. The number of nitrogens with zero attached hydrogens (tertiary/aromatic N) is 3. The average Bonchev–Trinajstić information content (AvgIpc) is 2.65. The van der Waals surface area contributed by atoms with Crippen molar-refractivity contribution in [1.82, 2.24) is 15.0 Å². The van der Waals surface area contributed by atoms with Gasteiger partial charge < -0.3 is 21.1 Å². The molecular formula is C8H14N4O4. The SMILES string of the molecule is NC(Cc1cn(CC(O)CO)nn1)C(=O)O. The fraction of sp³-hybridized carbons (Fsp3) is 0.625. The predicted octanol–water partition coefficient (Wildman–Crippen LogP) is -2.41. The Morgan fingerprint density at radius 2 is 2.31 bits per heavy atom. The van der Waals surface area contributed by atoms with E-state index in [0.29, 0.717) is 5.69 Å². The van der Waals surface area contributed by atoms with Crippen LogP contribution in [0.1, 0.15) is 5.69 Å². The quantitative estimate of drug-likeness (QED) is 0.427. The minimum atomic E-state index is -1.11. The number of aliphatic carboxylic acids is 1. The molecule has 0 saturated carbocycles. The monoisotopic (exact) mass is 230 g/mol. The standard InChI is InChI=1S/C8H14N4O4/c9-7(8(15)16)1-5-2-12(11-10-5)3-6(14)4-13/h2,6-7,13-14H,1,3-4,9H2,(H,15,16). The van der Waals surface area contributed by atoms with Crippen molar-refractivity contribution in [1.29, 1.82) is 0 Å². The van der Waals surface area contributed by atoms with Crippen LogP contribution in [0.5, 0.6) is 0 Å². The first-order valence-corrected chi connectivity index (χ1v) is 4.69. The first-order chi connectivity index (χ1) is 7.52. The van der Waals surface area contributed by atoms with Crippen LogP contribution in [-0.4, -0.2) is 55.0 Å². The van der Waals surface area contributed by atoms with E-state index in [1.54, 1.807) is 0 Å². The normalized spacial score (nSPS) is 14.7. The van der Waals surface area contributed by atoms with E-state index < -0.39 is 18.1 Å². The summed E-state index contributed by atoms with van der Waals surface area (Å²) in [6.45, 7) is -0.268. The number of aromatic nitrogens is 3. The van der Waals surface area contributed by atoms with E-state index in [4.69, 9.17) is 21.1 Å². The molecule has 1 aromatic heterocycles. The van der Waals surface area contributed by atoms with Gasteiger partial charge in [0.05, 0.1) is 24.9 Å². The second-order valence-corrected chi connectivity index (χ2v) is 3.42. The summed E-state index contributed by atoms with van der Waals surface area (Å²) in [6, 6.07) is -1.02. The molecule has 1 heterocycles. The van der Waals surface area contributed by atoms with Crippen LogP contribution < -0.4 is 5.73 Å². The topological polar surface area (TPSA) is 134 Å². The highest BCUT2D eigenvalue weighted by Gasteiger charge is 2.14. The molecule has 0 aliphatic heterocycles. The van der Waals surface area contributed by atoms with Crippen LogP contribution in [0, 0.1) is 0 Å². The number of carboxylic acid groups (broad SMARTS) is 1. The molecule has 0 spiro atoms. The van der Waals surface area contributed by atoms with Crippen molar-refractivity contribution in [3.63, 3.8) is 0 Å². The van der Waals surface area contributed by atoms with Crippen molar-refractivity contribution in [2.45, 2.75) is 25.1 Å². The highest BCUT2D eigenvalue weighted by atomic mass is 16.4. The highest BCUT2D eigenvalue weighted by Crippen LogP contribution is 1.99. The van der Waals surface area contributed by atoms with Gasteiger partial charge in [0, 0.05) is 12.6 Å². The Hall–Kier alpha value is -1.51. The Morgan fingerprint density at radius 3 is 2.88 bits per heavy atom. The highest BCUT2D eigenvalue weighted by molar-refractivity contribution is 5.73. The summed E-state index contributed by atoms with van der Waals surface area (Å²) in [4.78, 5) is 10.5. The van der Waals surface area contributed by atoms with Crippen LogP contribution in [0.3, 0.4) is 0 Å². The summed E-state index contributed by atoms with van der Waals surface area (Å²) >= 11 is 0. The number of rotatable bonds is 6. The molecule has 5 N–H and O–H groups in total. The molecule has 1 rings (SSSR count). The van der Waals surface area contributed by atoms with Crippen LogP contribution in [0.2, 0.25) is 0 Å². The lowest BCUT2D eigenvalue weighted by atomic mass is 10.2. The van der Waals surface area contributed by atoms with Gasteiger partial charge in [-0.25, -0.2) is 4.68 Å². The van der Waals surface area contributed by atoms with Gasteiger partial charge in [-0.2, -0.15) is 0 Å². The van der Waals surface area contributed by atoms with Gasteiger partial charge in [-0.05, 0) is 0 Å². The lowest BCUT2D eigenvalue weighted by Crippen LogP contribution is -2.32. The van der Waals surface area contributed by atoms with E-state index >= 15 is 0 Å². The van der Waals surface area contributed by atoms with Crippen LogP contribution in [0.4, 0.5) is 0 Å². The molecule has 0 radical (unpaired) electrons. The second-order valence-electron chi connectivity index (χ2n) is 3.42. The summed E-state index contributed by atoms with van der Waals surface area (Å²) in [6.07, 6.45) is 0.648. The van der Waals surface area contributed by atoms with E-state index in [9.17, 15) is 4.79 Å². The fourth-order valence-electron chi connectivity index (χ4n) is 1.11. The maximum Gasteiger partial charge on any atom is 0.320 e. The minimum Gasteiger partial charge on any atom is -0.480 e. The van der Waals surface area contributed by atoms with Crippen LogP contribution in [0.15, 0.2) is 6.20 Å². The number of aliphatic hydroxyl groups is 2. The molecule has 0 saturated heterocycles. The lowest BCUT2D eigenvalue weighted by Gasteiger charge is -2.05.